The molecule has 292 valence electrons. The summed E-state index contributed by atoms with van der Waals surface area (Å²) >= 11 is 0. The summed E-state index contributed by atoms with van der Waals surface area (Å²) in [5.41, 5.74) is 15.4. The van der Waals surface area contributed by atoms with Crippen LogP contribution in [0.15, 0.2) is 173 Å². The van der Waals surface area contributed by atoms with E-state index in [1.165, 1.54) is 5.56 Å². The number of hydrogen-bond acceptors (Lipinski definition) is 4. The van der Waals surface area contributed by atoms with Crippen molar-refractivity contribution in [2.45, 2.75) is 40.2 Å². The molecule has 0 aliphatic heterocycles. The molecule has 1 aliphatic carbocycles. The number of allylic oxidation sites excluding steroid dienone is 2. The van der Waals surface area contributed by atoms with Crippen LogP contribution in [0.2, 0.25) is 0 Å². The number of rotatable bonds is 7. The van der Waals surface area contributed by atoms with Crippen LogP contribution in [0.25, 0.3) is 60.2 Å². The SMILES string of the molecule is Cc1[c-]c(C2=[C-]C(N(c3ccc4c(c3)oc3cc(N(c5ccccc5C)c5cccc6c5oc5c(C)cccc56)c5ccccc5c34)c3ccccc3C)CC=C2)ccc1.[U+2]. The topological polar surface area (TPSA) is 32.8 Å². The summed E-state index contributed by atoms with van der Waals surface area (Å²) in [6.07, 6.45) is 9.14. The van der Waals surface area contributed by atoms with E-state index in [1.54, 1.807) is 0 Å². The second-order valence-electron chi connectivity index (χ2n) is 16.0. The quantitative estimate of drug-likeness (QED) is 0.149. The van der Waals surface area contributed by atoms with Crippen LogP contribution in [0.4, 0.5) is 28.4 Å². The van der Waals surface area contributed by atoms with Crippen molar-refractivity contribution in [3.05, 3.63) is 204 Å². The number of aryl methyl sites for hydroxylation is 4. The molecule has 0 amide bonds. The van der Waals surface area contributed by atoms with Gasteiger partial charge in [-0.3, -0.25) is 11.1 Å². The average molecular weight is 1010 g/mol. The van der Waals surface area contributed by atoms with Gasteiger partial charge in [0, 0.05) is 56.1 Å². The predicted molar refractivity (Wildman–Crippen MR) is 250 cm³/mol. The summed E-state index contributed by atoms with van der Waals surface area (Å²) in [6, 6.07) is 57.5. The van der Waals surface area contributed by atoms with Crippen molar-refractivity contribution in [1.29, 1.82) is 0 Å². The first-order chi connectivity index (χ1) is 29.4. The molecule has 2 heterocycles. The summed E-state index contributed by atoms with van der Waals surface area (Å²) in [7, 11) is 0. The maximum absolute atomic E-state index is 7.03. The number of nitrogens with zero attached hydrogens (tertiary/aromatic N) is 2. The molecule has 0 saturated heterocycles. The Balaban J connectivity index is 0.00000445. The number of hydrogen-bond donors (Lipinski definition) is 0. The van der Waals surface area contributed by atoms with Gasteiger partial charge < -0.3 is 18.6 Å². The Bertz CT molecular complexity index is 3390. The molecule has 5 heteroatoms. The van der Waals surface area contributed by atoms with Gasteiger partial charge >= 0.3 is 31.1 Å². The second kappa shape index (κ2) is 15.7. The molecule has 8 aromatic carbocycles. The van der Waals surface area contributed by atoms with Gasteiger partial charge in [0.15, 0.2) is 5.58 Å². The summed E-state index contributed by atoms with van der Waals surface area (Å²) < 4.78 is 13.8. The Labute approximate surface area is 379 Å². The minimum Gasteiger partial charge on any atom is -0.456 e. The van der Waals surface area contributed by atoms with Gasteiger partial charge in [0.25, 0.3) is 0 Å². The number of benzene rings is 8. The maximum atomic E-state index is 7.03. The van der Waals surface area contributed by atoms with Gasteiger partial charge in [0.1, 0.15) is 16.7 Å². The average Bonchev–Trinajstić information content (AvgIpc) is 3.85. The molecule has 1 atom stereocenters. The molecule has 61 heavy (non-hydrogen) atoms. The minimum atomic E-state index is -0.0401. The van der Waals surface area contributed by atoms with Gasteiger partial charge in [0.05, 0.1) is 11.4 Å². The summed E-state index contributed by atoms with van der Waals surface area (Å²) in [5.74, 6) is 0. The zero-order chi connectivity index (χ0) is 40.5. The molecule has 10 aromatic rings. The van der Waals surface area contributed by atoms with Crippen molar-refractivity contribution in [3.63, 3.8) is 0 Å². The standard InChI is InChI=1S/C56H42N2O2.U/c1-35-15-11-19-39(31-35)40-20-13-21-41(32-40)57(48-26-9-5-16-36(48)2)42-29-30-47-52(33-42)59-53-34-51(43-22-7-8-23-44(43)54(47)53)58(49-27-10-6-17-37(49)3)50-28-14-25-46-45-24-12-18-38(4)55(45)60-56(46)50;/h5-20,22-30,33-34,41H,21H2,1-4H3;/q-2;+2. The van der Waals surface area contributed by atoms with E-state index < -0.39 is 0 Å². The maximum Gasteiger partial charge on any atom is 2.00 e. The van der Waals surface area contributed by atoms with Gasteiger partial charge in [-0.05, 0) is 85.6 Å². The van der Waals surface area contributed by atoms with Crippen molar-refractivity contribution in [1.82, 2.24) is 0 Å². The van der Waals surface area contributed by atoms with Gasteiger partial charge in [0.2, 0.25) is 0 Å². The normalized spacial score (nSPS) is 13.9. The Morgan fingerprint density at radius 1 is 0.525 bits per heavy atom. The third-order valence-electron chi connectivity index (χ3n) is 12.1. The largest absolute Gasteiger partial charge is 2.00 e. The predicted octanol–water partition coefficient (Wildman–Crippen LogP) is 15.5. The Kier molecular flexibility index (Phi) is 9.99. The van der Waals surface area contributed by atoms with E-state index in [2.05, 4.69) is 213 Å². The van der Waals surface area contributed by atoms with Gasteiger partial charge in [-0.2, -0.15) is 6.07 Å². The molecule has 0 radical (unpaired) electrons. The van der Waals surface area contributed by atoms with Crippen LogP contribution in [0.5, 0.6) is 0 Å². The number of anilines is 5. The van der Waals surface area contributed by atoms with E-state index in [1.807, 2.05) is 0 Å². The molecule has 2 aromatic heterocycles. The third-order valence-corrected chi connectivity index (χ3v) is 12.1. The van der Waals surface area contributed by atoms with Crippen LogP contribution in [-0.2, 0) is 0 Å². The second-order valence-corrected chi connectivity index (χ2v) is 16.0. The van der Waals surface area contributed by atoms with E-state index in [-0.39, 0.29) is 37.2 Å². The van der Waals surface area contributed by atoms with Crippen LogP contribution in [0.1, 0.15) is 34.2 Å². The first-order valence-corrected chi connectivity index (χ1v) is 20.7. The first kappa shape index (κ1) is 38.9. The van der Waals surface area contributed by atoms with Crippen LogP contribution in [-0.4, -0.2) is 6.04 Å². The van der Waals surface area contributed by atoms with Crippen molar-refractivity contribution < 1.29 is 39.9 Å². The van der Waals surface area contributed by atoms with Crippen molar-refractivity contribution in [3.8, 4) is 0 Å². The number of para-hydroxylation sites is 4. The van der Waals surface area contributed by atoms with Gasteiger partial charge in [-0.1, -0.05) is 97.9 Å². The molecule has 0 bridgehead atoms. The van der Waals surface area contributed by atoms with Crippen LogP contribution >= 0.6 is 0 Å². The Hall–Kier alpha value is -6.25. The fourth-order valence-corrected chi connectivity index (χ4v) is 9.27. The molecule has 11 rings (SSSR count). The number of furan rings is 2. The fraction of sp³-hybridized carbons (Fsp3) is 0.107. The van der Waals surface area contributed by atoms with E-state index >= 15 is 0 Å². The van der Waals surface area contributed by atoms with Crippen molar-refractivity contribution in [2.24, 2.45) is 0 Å². The minimum absolute atomic E-state index is 0. The van der Waals surface area contributed by atoms with E-state index in [4.69, 9.17) is 8.83 Å². The number of fused-ring (bicyclic) bond motifs is 8. The summed E-state index contributed by atoms with van der Waals surface area (Å²) in [6.45, 7) is 8.55. The van der Waals surface area contributed by atoms with E-state index in [0.29, 0.717) is 0 Å². The molecule has 0 spiro atoms. The van der Waals surface area contributed by atoms with E-state index in [9.17, 15) is 0 Å². The summed E-state index contributed by atoms with van der Waals surface area (Å²) in [5, 5.41) is 6.65. The Morgan fingerprint density at radius 3 is 1.97 bits per heavy atom. The smallest absolute Gasteiger partial charge is 0.456 e. The molecule has 0 saturated carbocycles. The molecular weight excluding hydrogens is 971 g/mol. The monoisotopic (exact) mass is 1010 g/mol. The molecule has 0 fully saturated rings. The summed E-state index contributed by atoms with van der Waals surface area (Å²) in [4.78, 5) is 4.78. The third kappa shape index (κ3) is 6.59. The molecule has 1 aliphatic rings. The van der Waals surface area contributed by atoms with Crippen molar-refractivity contribution in [2.75, 3.05) is 9.80 Å². The first-order valence-electron chi connectivity index (χ1n) is 20.7. The van der Waals surface area contributed by atoms with Crippen LogP contribution in [0.3, 0.4) is 0 Å². The molecule has 0 N–H and O–H groups in total. The van der Waals surface area contributed by atoms with E-state index in [0.717, 1.165) is 117 Å². The zero-order valence-electron chi connectivity index (χ0n) is 34.6. The van der Waals surface area contributed by atoms with Crippen molar-refractivity contribution >= 4 is 88.7 Å². The van der Waals surface area contributed by atoms with Gasteiger partial charge in [-0.25, -0.2) is 24.3 Å². The van der Waals surface area contributed by atoms with Crippen LogP contribution < -0.4 is 9.80 Å². The zero-order valence-corrected chi connectivity index (χ0v) is 38.7. The molecular formula is C56H42N2O2U. The molecule has 1 unspecified atom stereocenters. The fourth-order valence-electron chi connectivity index (χ4n) is 9.27. The van der Waals surface area contributed by atoms with Crippen LogP contribution in [0, 0.1) is 71.0 Å². The Morgan fingerprint density at radius 2 is 1.18 bits per heavy atom. The molecule has 4 nitrogen and oxygen atoms in total. The van der Waals surface area contributed by atoms with Gasteiger partial charge in [-0.15, -0.1) is 17.7 Å².